The minimum Gasteiger partial charge on any atom is -0.386 e. The molecule has 0 bridgehead atoms. The maximum atomic E-state index is 13.1. The van der Waals surface area contributed by atoms with E-state index in [1.807, 2.05) is 43.5 Å². The lowest BCUT2D eigenvalue weighted by molar-refractivity contribution is 0.0119. The predicted molar refractivity (Wildman–Crippen MR) is 141 cm³/mol. The lowest BCUT2D eigenvalue weighted by atomic mass is 9.88. The highest BCUT2D eigenvalue weighted by atomic mass is 32.1. The first kappa shape index (κ1) is 26.0. The number of Topliss-reactive ketones (excluding diaryl/α,β-unsaturated/α-hetero) is 1. The first-order valence-corrected chi connectivity index (χ1v) is 12.9. The van der Waals surface area contributed by atoms with Crippen molar-refractivity contribution in [2.45, 2.75) is 59.2 Å². The quantitative estimate of drug-likeness (QED) is 0.364. The molecule has 1 saturated heterocycles. The molecular weight excluding hydrogens is 442 g/mol. The fourth-order valence-electron chi connectivity index (χ4n) is 4.12. The predicted octanol–water partition coefficient (Wildman–Crippen LogP) is 6.76. The molecule has 2 heterocycles. The molecule has 5 heteroatoms. The summed E-state index contributed by atoms with van der Waals surface area (Å²) >= 11 is 1.58. The molecule has 4 nitrogen and oxygen atoms in total. The first-order chi connectivity index (χ1) is 16.4. The molecule has 1 fully saturated rings. The van der Waals surface area contributed by atoms with E-state index in [-0.39, 0.29) is 17.8 Å². The number of aromatic nitrogens is 1. The number of aryl methyl sites for hydroxylation is 2. The Hall–Kier alpha value is -2.60. The van der Waals surface area contributed by atoms with Gasteiger partial charge in [-0.3, -0.25) is 4.79 Å². The van der Waals surface area contributed by atoms with Crippen molar-refractivity contribution in [3.05, 3.63) is 82.2 Å². The van der Waals surface area contributed by atoms with Gasteiger partial charge in [-0.2, -0.15) is 0 Å². The summed E-state index contributed by atoms with van der Waals surface area (Å²) in [6.45, 7) is 12.9. The third-order valence-electron chi connectivity index (χ3n) is 6.15. The van der Waals surface area contributed by atoms with Crippen LogP contribution in [0.2, 0.25) is 0 Å². The number of rotatable bonds is 8. The van der Waals surface area contributed by atoms with Crippen LogP contribution in [0.3, 0.4) is 0 Å². The highest BCUT2D eigenvalue weighted by Crippen LogP contribution is 2.31. The first-order valence-electron chi connectivity index (χ1n) is 12.1. The Kier molecular flexibility index (Phi) is 9.34. The van der Waals surface area contributed by atoms with Crippen LogP contribution < -0.4 is 0 Å². The summed E-state index contributed by atoms with van der Waals surface area (Å²) < 4.78 is 5.72. The minimum atomic E-state index is -0.822. The molecular formula is C29H35NO3S. The summed E-state index contributed by atoms with van der Waals surface area (Å²) in [4.78, 5) is 17.8. The molecule has 3 atom stereocenters. The van der Waals surface area contributed by atoms with E-state index < -0.39 is 6.10 Å². The Balaban J connectivity index is 0.00000158. The zero-order valence-electron chi connectivity index (χ0n) is 20.6. The van der Waals surface area contributed by atoms with Crippen molar-refractivity contribution < 1.29 is 14.6 Å². The van der Waals surface area contributed by atoms with E-state index in [4.69, 9.17) is 9.72 Å². The summed E-state index contributed by atoms with van der Waals surface area (Å²) in [5, 5.41) is 13.8. The van der Waals surface area contributed by atoms with Crippen LogP contribution in [0.5, 0.6) is 0 Å². The second-order valence-electron chi connectivity index (χ2n) is 8.53. The zero-order valence-corrected chi connectivity index (χ0v) is 21.4. The Morgan fingerprint density at radius 3 is 2.50 bits per heavy atom. The number of ketones is 1. The van der Waals surface area contributed by atoms with Crippen molar-refractivity contribution in [3.8, 4) is 11.3 Å². The molecule has 0 radical (unpaired) electrons. The van der Waals surface area contributed by atoms with Crippen LogP contribution in [0.15, 0.2) is 60.5 Å². The van der Waals surface area contributed by atoms with E-state index in [0.29, 0.717) is 36.1 Å². The van der Waals surface area contributed by atoms with Crippen molar-refractivity contribution in [2.75, 3.05) is 6.61 Å². The van der Waals surface area contributed by atoms with Crippen LogP contribution in [0.4, 0.5) is 0 Å². The molecule has 180 valence electrons. The smallest absolute Gasteiger partial charge is 0.163 e. The standard InChI is InChI=1S/C27H29NO3S.C2H6/c1-17-8-10-20(11-9-17)23-16-32-25(28-23)13-12-24(29)22-7-5-4-6-21(22)19(3)26(30)27-18(2)14-15-31-27;1-2/h4-11,16,18,26-27,30H,3,12-15H2,1-2H3;1-2H3. The van der Waals surface area contributed by atoms with Crippen molar-refractivity contribution in [1.29, 1.82) is 0 Å². The third kappa shape index (κ3) is 6.09. The Morgan fingerprint density at radius 2 is 1.85 bits per heavy atom. The van der Waals surface area contributed by atoms with Gasteiger partial charge in [0.2, 0.25) is 0 Å². The van der Waals surface area contributed by atoms with Crippen LogP contribution in [0.1, 0.15) is 60.1 Å². The van der Waals surface area contributed by atoms with E-state index in [1.54, 1.807) is 11.3 Å². The molecule has 0 aliphatic carbocycles. The van der Waals surface area contributed by atoms with Gasteiger partial charge in [0, 0.05) is 36.0 Å². The summed E-state index contributed by atoms with van der Waals surface area (Å²) in [5.41, 5.74) is 5.09. The number of carbonyl (C=O) groups is 1. The molecule has 0 spiro atoms. The molecule has 34 heavy (non-hydrogen) atoms. The van der Waals surface area contributed by atoms with E-state index in [0.717, 1.165) is 22.7 Å². The van der Waals surface area contributed by atoms with Gasteiger partial charge in [0.1, 0.15) is 6.10 Å². The number of hydrogen-bond donors (Lipinski definition) is 1. The largest absolute Gasteiger partial charge is 0.386 e. The molecule has 0 saturated carbocycles. The molecule has 1 aliphatic heterocycles. The number of nitrogens with zero attached hydrogens (tertiary/aromatic N) is 1. The van der Waals surface area contributed by atoms with Crippen molar-refractivity contribution in [2.24, 2.45) is 5.92 Å². The molecule has 2 aromatic carbocycles. The molecule has 3 unspecified atom stereocenters. The van der Waals surface area contributed by atoms with Crippen LogP contribution in [-0.2, 0) is 11.2 Å². The SMILES string of the molecule is C=C(c1ccccc1C(=O)CCc1nc(-c2ccc(C)cc2)cs1)C(O)C1OCCC1C.CC. The van der Waals surface area contributed by atoms with E-state index in [9.17, 15) is 9.90 Å². The van der Waals surface area contributed by atoms with Gasteiger partial charge < -0.3 is 9.84 Å². The second kappa shape index (κ2) is 12.2. The topological polar surface area (TPSA) is 59.4 Å². The lowest BCUT2D eigenvalue weighted by Gasteiger charge is -2.24. The monoisotopic (exact) mass is 477 g/mol. The van der Waals surface area contributed by atoms with E-state index in [2.05, 4.69) is 44.7 Å². The minimum absolute atomic E-state index is 0.0291. The van der Waals surface area contributed by atoms with Crippen molar-refractivity contribution in [3.63, 3.8) is 0 Å². The van der Waals surface area contributed by atoms with Gasteiger partial charge in [-0.1, -0.05) is 81.4 Å². The average molecular weight is 478 g/mol. The summed E-state index contributed by atoms with van der Waals surface area (Å²) in [7, 11) is 0. The van der Waals surface area contributed by atoms with Crippen molar-refractivity contribution in [1.82, 2.24) is 4.98 Å². The normalized spacial score (nSPS) is 18.1. The molecule has 1 aromatic heterocycles. The number of aliphatic hydroxyl groups excluding tert-OH is 1. The summed E-state index contributed by atoms with van der Waals surface area (Å²) in [6.07, 6.45) is 0.770. The van der Waals surface area contributed by atoms with Gasteiger partial charge in [0.25, 0.3) is 0 Å². The zero-order chi connectivity index (χ0) is 24.7. The Labute approximate surface area is 207 Å². The Bertz CT molecular complexity index is 1100. The second-order valence-corrected chi connectivity index (χ2v) is 9.48. The van der Waals surface area contributed by atoms with Gasteiger partial charge in [0.05, 0.1) is 16.8 Å². The summed E-state index contributed by atoms with van der Waals surface area (Å²) in [5.74, 6) is 0.290. The molecule has 0 amide bonds. The van der Waals surface area contributed by atoms with Gasteiger partial charge >= 0.3 is 0 Å². The van der Waals surface area contributed by atoms with Gasteiger partial charge in [-0.05, 0) is 30.4 Å². The molecule has 3 aromatic rings. The number of benzene rings is 2. The van der Waals surface area contributed by atoms with Gasteiger partial charge in [-0.15, -0.1) is 11.3 Å². The van der Waals surface area contributed by atoms with Crippen LogP contribution in [-0.4, -0.2) is 34.7 Å². The molecule has 1 N–H and O–H groups in total. The fourth-order valence-corrected chi connectivity index (χ4v) is 4.93. The average Bonchev–Trinajstić information content (AvgIpc) is 3.52. The highest BCUT2D eigenvalue weighted by molar-refractivity contribution is 7.09. The summed E-state index contributed by atoms with van der Waals surface area (Å²) in [6, 6.07) is 15.7. The highest BCUT2D eigenvalue weighted by Gasteiger charge is 2.33. The van der Waals surface area contributed by atoms with Gasteiger partial charge in [0.15, 0.2) is 5.78 Å². The Morgan fingerprint density at radius 1 is 1.18 bits per heavy atom. The van der Waals surface area contributed by atoms with Crippen LogP contribution >= 0.6 is 11.3 Å². The number of ether oxygens (including phenoxy) is 1. The third-order valence-corrected chi connectivity index (χ3v) is 7.06. The van der Waals surface area contributed by atoms with E-state index in [1.165, 1.54) is 5.56 Å². The number of thiazole rings is 1. The maximum Gasteiger partial charge on any atom is 0.163 e. The number of carbonyl (C=O) groups excluding carboxylic acids is 1. The maximum absolute atomic E-state index is 13.1. The fraction of sp³-hybridized carbons (Fsp3) is 0.379. The molecule has 1 aliphatic rings. The van der Waals surface area contributed by atoms with Gasteiger partial charge in [-0.25, -0.2) is 4.98 Å². The number of aliphatic hydroxyl groups is 1. The molecule has 4 rings (SSSR count). The lowest BCUT2D eigenvalue weighted by Crippen LogP contribution is -2.31. The van der Waals surface area contributed by atoms with Crippen LogP contribution in [0.25, 0.3) is 16.8 Å². The number of hydrogen-bond acceptors (Lipinski definition) is 5. The van der Waals surface area contributed by atoms with Crippen molar-refractivity contribution >= 4 is 22.7 Å². The van der Waals surface area contributed by atoms with E-state index >= 15 is 0 Å². The van der Waals surface area contributed by atoms with Crippen LogP contribution in [0, 0.1) is 12.8 Å².